The molecule has 0 aromatic rings. The van der Waals surface area contributed by atoms with Gasteiger partial charge in [0.1, 0.15) is 6.61 Å². The number of aliphatic hydroxyl groups excluding tert-OH is 1. The summed E-state index contributed by atoms with van der Waals surface area (Å²) in [5.74, 6) is -0.596. The van der Waals surface area contributed by atoms with Gasteiger partial charge in [0, 0.05) is 12.8 Å². The first kappa shape index (κ1) is 61.1. The summed E-state index contributed by atoms with van der Waals surface area (Å²) in [4.78, 5) is 24.4. The van der Waals surface area contributed by atoms with E-state index in [1.165, 1.54) is 148 Å². The molecule has 1 unspecified atom stereocenters. The van der Waals surface area contributed by atoms with Crippen molar-refractivity contribution in [3.63, 3.8) is 0 Å². The van der Waals surface area contributed by atoms with Crippen LogP contribution in [0.1, 0.15) is 258 Å². The van der Waals surface area contributed by atoms with Crippen LogP contribution < -0.4 is 0 Å². The molecule has 0 aromatic carbocycles. The normalized spacial score (nSPS) is 12.9. The third kappa shape index (κ3) is 51.7. The molecule has 0 saturated heterocycles. The van der Waals surface area contributed by atoms with Crippen molar-refractivity contribution in [2.24, 2.45) is 0 Å². The lowest BCUT2D eigenvalue weighted by Crippen LogP contribution is -2.28. The monoisotopic (exact) mass is 891 g/mol. The van der Waals surface area contributed by atoms with Gasteiger partial charge in [-0.05, 0) is 89.9 Å². The molecule has 0 aromatic heterocycles. The lowest BCUT2D eigenvalue weighted by atomic mass is 10.0. The fourth-order valence-corrected chi connectivity index (χ4v) is 7.61. The fourth-order valence-electron chi connectivity index (χ4n) is 7.61. The van der Waals surface area contributed by atoms with Gasteiger partial charge in [-0.15, -0.1) is 0 Å². The Bertz CT molecular complexity index is 1190. The molecule has 0 aliphatic heterocycles. The minimum Gasteiger partial charge on any atom is -0.462 e. The highest BCUT2D eigenvalue weighted by Gasteiger charge is 2.16. The van der Waals surface area contributed by atoms with Gasteiger partial charge < -0.3 is 14.6 Å². The van der Waals surface area contributed by atoms with E-state index in [4.69, 9.17) is 9.47 Å². The molecule has 5 heteroatoms. The van der Waals surface area contributed by atoms with Gasteiger partial charge in [-0.25, -0.2) is 0 Å². The summed E-state index contributed by atoms with van der Waals surface area (Å²) >= 11 is 0. The summed E-state index contributed by atoms with van der Waals surface area (Å²) < 4.78 is 10.7. The van der Waals surface area contributed by atoms with Gasteiger partial charge in [-0.2, -0.15) is 0 Å². The SMILES string of the molecule is CC/C=C\C/C=C\C/C=C\C/C=C\C/C=C\C/C=C\CCCCCCCCCCCCCCCCCCCCC(=O)OC(CO)COC(=O)CCCCCCC/C=C\CCCCCC. The Hall–Kier alpha value is -2.92. The number of hydrogen-bond acceptors (Lipinski definition) is 5. The number of aliphatic hydroxyl groups is 1. The van der Waals surface area contributed by atoms with E-state index in [0.717, 1.165) is 83.5 Å². The molecule has 5 nitrogen and oxygen atoms in total. The molecule has 0 aliphatic carbocycles. The summed E-state index contributed by atoms with van der Waals surface area (Å²) in [6, 6.07) is 0. The Morgan fingerprint density at radius 3 is 1.03 bits per heavy atom. The topological polar surface area (TPSA) is 72.8 Å². The van der Waals surface area contributed by atoms with Gasteiger partial charge in [0.2, 0.25) is 0 Å². The highest BCUT2D eigenvalue weighted by Crippen LogP contribution is 2.16. The van der Waals surface area contributed by atoms with Crippen LogP contribution in [0, 0.1) is 0 Å². The van der Waals surface area contributed by atoms with E-state index in [9.17, 15) is 14.7 Å². The average Bonchev–Trinajstić information content (AvgIpc) is 3.30. The number of carbonyl (C=O) groups excluding carboxylic acids is 2. The van der Waals surface area contributed by atoms with E-state index in [1.54, 1.807) is 0 Å². The van der Waals surface area contributed by atoms with E-state index in [0.29, 0.717) is 12.8 Å². The Kier molecular flexibility index (Phi) is 51.9. The van der Waals surface area contributed by atoms with Crippen LogP contribution in [0.25, 0.3) is 0 Å². The molecule has 0 spiro atoms. The van der Waals surface area contributed by atoms with E-state index >= 15 is 0 Å². The molecule has 0 radical (unpaired) electrons. The second-order valence-corrected chi connectivity index (χ2v) is 17.9. The van der Waals surface area contributed by atoms with Crippen LogP contribution >= 0.6 is 0 Å². The van der Waals surface area contributed by atoms with Gasteiger partial charge in [-0.1, -0.05) is 240 Å². The van der Waals surface area contributed by atoms with Gasteiger partial charge in [-0.3, -0.25) is 9.59 Å². The number of unbranched alkanes of at least 4 members (excludes halogenated alkanes) is 27. The predicted octanol–water partition coefficient (Wildman–Crippen LogP) is 18.2. The third-order valence-electron chi connectivity index (χ3n) is 11.7. The van der Waals surface area contributed by atoms with Crippen molar-refractivity contribution in [2.45, 2.75) is 264 Å². The van der Waals surface area contributed by atoms with Crippen LogP contribution in [0.5, 0.6) is 0 Å². The number of carbonyl (C=O) groups is 2. The van der Waals surface area contributed by atoms with Gasteiger partial charge in [0.05, 0.1) is 6.61 Å². The number of rotatable bonds is 49. The van der Waals surface area contributed by atoms with Crippen molar-refractivity contribution in [2.75, 3.05) is 13.2 Å². The molecule has 64 heavy (non-hydrogen) atoms. The van der Waals surface area contributed by atoms with Crippen LogP contribution in [-0.2, 0) is 19.1 Å². The predicted molar refractivity (Wildman–Crippen MR) is 279 cm³/mol. The van der Waals surface area contributed by atoms with Gasteiger partial charge in [0.25, 0.3) is 0 Å². The average molecular weight is 891 g/mol. The lowest BCUT2D eigenvalue weighted by molar-refractivity contribution is -0.161. The van der Waals surface area contributed by atoms with Crippen molar-refractivity contribution < 1.29 is 24.2 Å². The second-order valence-electron chi connectivity index (χ2n) is 17.9. The van der Waals surface area contributed by atoms with E-state index in [-0.39, 0.29) is 25.2 Å². The molecular formula is C59H102O5. The smallest absolute Gasteiger partial charge is 0.306 e. The number of ether oxygens (including phenoxy) is 2. The first-order valence-corrected chi connectivity index (χ1v) is 27.1. The first-order valence-electron chi connectivity index (χ1n) is 27.1. The number of hydrogen-bond donors (Lipinski definition) is 1. The highest BCUT2D eigenvalue weighted by atomic mass is 16.6. The maximum Gasteiger partial charge on any atom is 0.306 e. The van der Waals surface area contributed by atoms with Crippen LogP contribution in [0.2, 0.25) is 0 Å². The Morgan fingerprint density at radius 1 is 0.375 bits per heavy atom. The molecule has 0 saturated carbocycles. The number of allylic oxidation sites excluding steroid dienone is 14. The van der Waals surface area contributed by atoms with Crippen molar-refractivity contribution in [1.82, 2.24) is 0 Å². The highest BCUT2D eigenvalue weighted by molar-refractivity contribution is 5.70. The molecular weight excluding hydrogens is 789 g/mol. The van der Waals surface area contributed by atoms with Crippen LogP contribution in [0.3, 0.4) is 0 Å². The maximum absolute atomic E-state index is 12.3. The molecule has 0 rings (SSSR count). The van der Waals surface area contributed by atoms with Crippen LogP contribution in [-0.4, -0.2) is 36.4 Å². The van der Waals surface area contributed by atoms with Crippen molar-refractivity contribution in [3.05, 3.63) is 85.1 Å². The summed E-state index contributed by atoms with van der Waals surface area (Å²) in [6.45, 7) is 4.01. The minimum atomic E-state index is -0.776. The molecule has 0 fully saturated rings. The molecule has 0 aliphatic rings. The Balaban J connectivity index is 3.46. The molecule has 0 amide bonds. The van der Waals surface area contributed by atoms with Crippen LogP contribution in [0.4, 0.5) is 0 Å². The molecule has 368 valence electrons. The maximum atomic E-state index is 12.3. The Morgan fingerprint density at radius 2 is 0.672 bits per heavy atom. The zero-order chi connectivity index (χ0) is 46.3. The minimum absolute atomic E-state index is 0.0699. The van der Waals surface area contributed by atoms with Crippen molar-refractivity contribution >= 4 is 11.9 Å². The zero-order valence-electron chi connectivity index (χ0n) is 42.0. The van der Waals surface area contributed by atoms with Crippen LogP contribution in [0.15, 0.2) is 85.1 Å². The lowest BCUT2D eigenvalue weighted by Gasteiger charge is -2.15. The zero-order valence-corrected chi connectivity index (χ0v) is 42.0. The quantitative estimate of drug-likeness (QED) is 0.0374. The summed E-state index contributed by atoms with van der Waals surface area (Å²) in [5, 5.41) is 9.61. The Labute approximate surface area is 396 Å². The second kappa shape index (κ2) is 54.4. The summed E-state index contributed by atoms with van der Waals surface area (Å²) in [6.07, 6.45) is 75.6. The summed E-state index contributed by atoms with van der Waals surface area (Å²) in [7, 11) is 0. The molecule has 1 N–H and O–H groups in total. The molecule has 1 atom stereocenters. The van der Waals surface area contributed by atoms with E-state index in [1.807, 2.05) is 0 Å². The van der Waals surface area contributed by atoms with Crippen molar-refractivity contribution in [3.8, 4) is 0 Å². The first-order chi connectivity index (χ1) is 31.6. The standard InChI is InChI=1S/C59H102O5/c1-3-5-7-9-11-13-15-17-18-19-20-21-22-23-24-25-26-27-28-29-30-31-32-33-34-35-36-37-38-39-40-42-44-46-48-50-52-54-59(62)64-57(55-60)56-63-58(61)53-51-49-47-45-43-41-16-14-12-10-8-6-4-2/h5,7,11,13-14,16-18,20-21,23-24,26-27,57,60H,3-4,6,8-10,12,15,19,22,25,28-56H2,1-2H3/b7-5-,13-11-,16-14-,18-17-,21-20-,24-23-,27-26-. The number of esters is 2. The molecule has 0 bridgehead atoms. The molecule has 0 heterocycles. The summed E-state index contributed by atoms with van der Waals surface area (Å²) in [5.41, 5.74) is 0. The fraction of sp³-hybridized carbons (Fsp3) is 0.729. The third-order valence-corrected chi connectivity index (χ3v) is 11.7. The van der Waals surface area contributed by atoms with E-state index < -0.39 is 6.10 Å². The van der Waals surface area contributed by atoms with Gasteiger partial charge >= 0.3 is 11.9 Å². The van der Waals surface area contributed by atoms with E-state index in [2.05, 4.69) is 98.9 Å². The van der Waals surface area contributed by atoms with Gasteiger partial charge in [0.15, 0.2) is 6.10 Å². The van der Waals surface area contributed by atoms with Crippen molar-refractivity contribution in [1.29, 1.82) is 0 Å². The largest absolute Gasteiger partial charge is 0.462 e.